The first-order chi connectivity index (χ1) is 10.8. The van der Waals surface area contributed by atoms with E-state index in [9.17, 15) is 13.2 Å². The number of halogens is 1. The van der Waals surface area contributed by atoms with E-state index < -0.39 is 9.84 Å². The summed E-state index contributed by atoms with van der Waals surface area (Å²) in [5.41, 5.74) is 1.93. The van der Waals surface area contributed by atoms with Gasteiger partial charge in [-0.25, -0.2) is 8.42 Å². The largest absolute Gasteiger partial charge is 0.316 e. The Morgan fingerprint density at radius 3 is 2.83 bits per heavy atom. The van der Waals surface area contributed by atoms with Gasteiger partial charge >= 0.3 is 0 Å². The van der Waals surface area contributed by atoms with Crippen LogP contribution in [0.15, 0.2) is 27.7 Å². The number of carbonyl (C=O) groups excluding carboxylic acids is 1. The number of carbonyl (C=O) groups is 1. The van der Waals surface area contributed by atoms with Gasteiger partial charge in [-0.2, -0.15) is 4.99 Å². The molecule has 0 aliphatic carbocycles. The lowest BCUT2D eigenvalue weighted by Crippen LogP contribution is -2.37. The second kappa shape index (κ2) is 6.22. The van der Waals surface area contributed by atoms with Crippen LogP contribution in [0.3, 0.4) is 0 Å². The topological polar surface area (TPSA) is 66.8 Å². The van der Waals surface area contributed by atoms with E-state index in [0.29, 0.717) is 11.6 Å². The Labute approximate surface area is 148 Å². The number of hydrogen-bond donors (Lipinski definition) is 0. The number of aliphatic imine (C=N–C) groups is 1. The molecule has 3 rings (SSSR count). The summed E-state index contributed by atoms with van der Waals surface area (Å²) in [6.07, 6.45) is 0.338. The number of aryl methyl sites for hydroxylation is 1. The van der Waals surface area contributed by atoms with Crippen LogP contribution in [0, 0.1) is 6.92 Å². The highest BCUT2D eigenvalue weighted by Crippen LogP contribution is 2.41. The van der Waals surface area contributed by atoms with Crippen LogP contribution in [-0.4, -0.2) is 42.3 Å². The van der Waals surface area contributed by atoms with Crippen molar-refractivity contribution in [3.63, 3.8) is 0 Å². The Balaban J connectivity index is 2.04. The molecule has 1 aromatic rings. The third-order valence-corrected chi connectivity index (χ3v) is 8.11. The number of fused-ring (bicyclic) bond motifs is 1. The van der Waals surface area contributed by atoms with Crippen molar-refractivity contribution in [2.45, 2.75) is 31.6 Å². The summed E-state index contributed by atoms with van der Waals surface area (Å²) in [4.78, 5) is 17.9. The maximum absolute atomic E-state index is 12.0. The molecule has 0 unspecified atom stereocenters. The monoisotopic (exact) mass is 416 g/mol. The van der Waals surface area contributed by atoms with E-state index in [-0.39, 0.29) is 28.7 Å². The van der Waals surface area contributed by atoms with Crippen molar-refractivity contribution in [1.82, 2.24) is 0 Å². The molecule has 0 bridgehead atoms. The van der Waals surface area contributed by atoms with Crippen molar-refractivity contribution in [1.29, 1.82) is 0 Å². The first-order valence-electron chi connectivity index (χ1n) is 7.34. The lowest BCUT2D eigenvalue weighted by atomic mass is 10.1. The fourth-order valence-corrected chi connectivity index (χ4v) is 7.01. The van der Waals surface area contributed by atoms with E-state index in [4.69, 9.17) is 0 Å². The number of hydrogen-bond acceptors (Lipinski definition) is 4. The fourth-order valence-electron chi connectivity index (χ4n) is 2.83. The zero-order valence-electron chi connectivity index (χ0n) is 12.8. The highest BCUT2D eigenvalue weighted by Gasteiger charge is 2.49. The molecule has 0 aromatic heterocycles. The molecule has 2 aliphatic rings. The Hall–Kier alpha value is -0.860. The van der Waals surface area contributed by atoms with Crippen molar-refractivity contribution in [2.75, 3.05) is 16.4 Å². The zero-order chi connectivity index (χ0) is 16.8. The third-order valence-electron chi connectivity index (χ3n) is 4.01. The second-order valence-corrected chi connectivity index (χ2v) is 9.96. The minimum absolute atomic E-state index is 0.0626. The van der Waals surface area contributed by atoms with Crippen LogP contribution in [0.1, 0.15) is 18.9 Å². The van der Waals surface area contributed by atoms with E-state index in [0.717, 1.165) is 15.7 Å². The second-order valence-electron chi connectivity index (χ2n) is 5.75. The van der Waals surface area contributed by atoms with E-state index in [1.807, 2.05) is 30.0 Å². The summed E-state index contributed by atoms with van der Waals surface area (Å²) < 4.78 is 24.9. The van der Waals surface area contributed by atoms with Crippen molar-refractivity contribution in [3.8, 4) is 0 Å². The van der Waals surface area contributed by atoms with Gasteiger partial charge in [-0.15, -0.1) is 0 Å². The van der Waals surface area contributed by atoms with Crippen LogP contribution in [0.5, 0.6) is 0 Å². The normalized spacial score (nSPS) is 27.4. The number of sulfone groups is 1. The summed E-state index contributed by atoms with van der Waals surface area (Å²) in [6, 6.07) is 5.70. The van der Waals surface area contributed by atoms with E-state index in [1.165, 1.54) is 11.8 Å². The molecule has 2 fully saturated rings. The summed E-state index contributed by atoms with van der Waals surface area (Å²) in [5, 5.41) is 0.552. The number of benzene rings is 1. The van der Waals surface area contributed by atoms with Crippen molar-refractivity contribution in [2.24, 2.45) is 4.99 Å². The standard InChI is InChI=1S/C15H17BrN2O3S2/c1-3-14(19)17-15-18(10-4-5-11(16)9(2)6-10)12-7-23(20,21)8-13(12)22-15/h4-6,12-13H,3,7-8H2,1-2H3/t12-,13-/m1/s1. The number of amides is 1. The summed E-state index contributed by atoms with van der Waals surface area (Å²) >= 11 is 4.88. The maximum atomic E-state index is 12.0. The molecule has 5 nitrogen and oxygen atoms in total. The van der Waals surface area contributed by atoms with Crippen LogP contribution in [0.2, 0.25) is 0 Å². The predicted octanol–water partition coefficient (Wildman–Crippen LogP) is 2.77. The number of anilines is 1. The Morgan fingerprint density at radius 2 is 2.17 bits per heavy atom. The van der Waals surface area contributed by atoms with Crippen LogP contribution in [0.25, 0.3) is 0 Å². The maximum Gasteiger partial charge on any atom is 0.247 e. The van der Waals surface area contributed by atoms with E-state index in [1.54, 1.807) is 6.92 Å². The van der Waals surface area contributed by atoms with Gasteiger partial charge in [0, 0.05) is 21.8 Å². The zero-order valence-corrected chi connectivity index (χ0v) is 16.0. The van der Waals surface area contributed by atoms with Gasteiger partial charge in [0.25, 0.3) is 0 Å². The number of amidine groups is 1. The van der Waals surface area contributed by atoms with E-state index >= 15 is 0 Å². The van der Waals surface area contributed by atoms with Gasteiger partial charge in [0.05, 0.1) is 17.5 Å². The summed E-state index contributed by atoms with van der Waals surface area (Å²) in [5.74, 6) is 0.0708. The highest BCUT2D eigenvalue weighted by molar-refractivity contribution is 9.10. The minimum atomic E-state index is -3.03. The average Bonchev–Trinajstić information content (AvgIpc) is 2.93. The molecule has 1 aromatic carbocycles. The molecule has 2 saturated heterocycles. The highest BCUT2D eigenvalue weighted by atomic mass is 79.9. The third kappa shape index (κ3) is 3.34. The van der Waals surface area contributed by atoms with Crippen LogP contribution in [0.4, 0.5) is 5.69 Å². The Bertz CT molecular complexity index is 792. The number of rotatable bonds is 2. The fraction of sp³-hybridized carbons (Fsp3) is 0.467. The molecular weight excluding hydrogens is 400 g/mol. The Morgan fingerprint density at radius 1 is 1.43 bits per heavy atom. The molecule has 2 aliphatic heterocycles. The van der Waals surface area contributed by atoms with Crippen LogP contribution in [-0.2, 0) is 14.6 Å². The van der Waals surface area contributed by atoms with Crippen LogP contribution >= 0.6 is 27.7 Å². The smallest absolute Gasteiger partial charge is 0.247 e. The number of thioether (sulfide) groups is 1. The van der Waals surface area contributed by atoms with Crippen molar-refractivity contribution >= 4 is 54.3 Å². The molecule has 2 heterocycles. The van der Waals surface area contributed by atoms with Gasteiger partial charge in [-0.05, 0) is 30.7 Å². The lowest BCUT2D eigenvalue weighted by molar-refractivity contribution is -0.117. The molecular formula is C15H17BrN2O3S2. The molecule has 0 N–H and O–H groups in total. The summed E-state index contributed by atoms with van der Waals surface area (Å²) in [6.45, 7) is 3.75. The van der Waals surface area contributed by atoms with E-state index in [2.05, 4.69) is 20.9 Å². The van der Waals surface area contributed by atoms with Crippen molar-refractivity contribution in [3.05, 3.63) is 28.2 Å². The molecule has 124 valence electrons. The lowest BCUT2D eigenvalue weighted by Gasteiger charge is -2.25. The first-order valence-corrected chi connectivity index (χ1v) is 10.8. The quantitative estimate of drug-likeness (QED) is 0.741. The van der Waals surface area contributed by atoms with Gasteiger partial charge in [0.2, 0.25) is 5.91 Å². The SMILES string of the molecule is CCC(=O)N=C1S[C@@H]2CS(=O)(=O)C[C@H]2N1c1ccc(Br)c(C)c1. The van der Waals surface area contributed by atoms with Gasteiger partial charge in [-0.3, -0.25) is 4.79 Å². The first kappa shape index (κ1) is 17.0. The molecule has 8 heteroatoms. The van der Waals surface area contributed by atoms with Gasteiger partial charge in [0.15, 0.2) is 15.0 Å². The minimum Gasteiger partial charge on any atom is -0.316 e. The molecule has 23 heavy (non-hydrogen) atoms. The summed E-state index contributed by atoms with van der Waals surface area (Å²) in [7, 11) is -3.03. The number of nitrogens with zero attached hydrogens (tertiary/aromatic N) is 2. The Kier molecular flexibility index (Phi) is 4.59. The molecule has 1 amide bonds. The van der Waals surface area contributed by atoms with Gasteiger partial charge in [-0.1, -0.05) is 34.6 Å². The average molecular weight is 417 g/mol. The predicted molar refractivity (Wildman–Crippen MR) is 97.9 cm³/mol. The molecule has 0 spiro atoms. The molecule has 0 saturated carbocycles. The van der Waals surface area contributed by atoms with Gasteiger partial charge in [0.1, 0.15) is 0 Å². The molecule has 2 atom stereocenters. The van der Waals surface area contributed by atoms with Crippen LogP contribution < -0.4 is 4.90 Å². The molecule has 0 radical (unpaired) electrons. The van der Waals surface area contributed by atoms with Gasteiger partial charge < -0.3 is 4.90 Å². The van der Waals surface area contributed by atoms with Crippen molar-refractivity contribution < 1.29 is 13.2 Å².